The largest absolute Gasteiger partial charge is 0.397 e. The van der Waals surface area contributed by atoms with Crippen molar-refractivity contribution in [2.45, 2.75) is 19.3 Å². The first-order chi connectivity index (χ1) is 9.09. The van der Waals surface area contributed by atoms with Gasteiger partial charge in [-0.15, -0.1) is 0 Å². The molecule has 0 spiro atoms. The van der Waals surface area contributed by atoms with Gasteiger partial charge in [0.25, 0.3) is 0 Å². The summed E-state index contributed by atoms with van der Waals surface area (Å²) in [6.45, 7) is 3.25. The molecule has 1 aromatic carbocycles. The number of nitrogen functional groups attached to an aromatic ring is 2. The number of carbonyl (C=O) groups is 1. The predicted octanol–water partition coefficient (Wildman–Crippen LogP) is 0.951. The van der Waals surface area contributed by atoms with Crippen molar-refractivity contribution in [2.75, 3.05) is 37.6 Å². The Hall–Kier alpha value is -1.59. The summed E-state index contributed by atoms with van der Waals surface area (Å²) in [6.07, 6.45) is 3.07. The third-order valence-electron chi connectivity index (χ3n) is 3.98. The Morgan fingerprint density at radius 3 is 2.42 bits per heavy atom. The van der Waals surface area contributed by atoms with Gasteiger partial charge in [0.2, 0.25) is 0 Å². The van der Waals surface area contributed by atoms with Crippen LogP contribution in [-0.4, -0.2) is 36.6 Å². The lowest BCUT2D eigenvalue weighted by Crippen LogP contribution is -2.51. The Bertz CT molecular complexity index is 467. The maximum atomic E-state index is 12.8. The Balaban J connectivity index is 2.26. The lowest BCUT2D eigenvalue weighted by Gasteiger charge is -2.31. The van der Waals surface area contributed by atoms with Crippen molar-refractivity contribution in [1.82, 2.24) is 0 Å². The third-order valence-corrected chi connectivity index (χ3v) is 3.98. The molecule has 1 aliphatic rings. The predicted molar refractivity (Wildman–Crippen MR) is 77.4 cm³/mol. The van der Waals surface area contributed by atoms with Crippen LogP contribution >= 0.6 is 0 Å². The molecule has 0 aromatic heterocycles. The monoisotopic (exact) mass is 263 g/mol. The first-order valence-electron chi connectivity index (χ1n) is 6.85. The van der Waals surface area contributed by atoms with Gasteiger partial charge in [-0.3, -0.25) is 4.48 Å². The first kappa shape index (κ1) is 13.8. The second-order valence-electron chi connectivity index (χ2n) is 5.31. The SMILES string of the molecule is NCCC[N+]1(C(=O)c2ccc(N)c(N)c2)CCCC1. The summed E-state index contributed by atoms with van der Waals surface area (Å²) in [6, 6.07) is 5.17. The molecule has 5 heteroatoms. The Labute approximate surface area is 113 Å². The van der Waals surface area contributed by atoms with Crippen molar-refractivity contribution >= 4 is 17.3 Å². The molecule has 1 amide bonds. The van der Waals surface area contributed by atoms with E-state index in [4.69, 9.17) is 17.2 Å². The summed E-state index contributed by atoms with van der Waals surface area (Å²) in [4.78, 5) is 12.8. The zero-order chi connectivity index (χ0) is 13.9. The molecular formula is C14H23N4O+. The highest BCUT2D eigenvalue weighted by molar-refractivity contribution is 5.91. The van der Waals surface area contributed by atoms with Crippen molar-refractivity contribution in [2.24, 2.45) is 5.73 Å². The molecule has 0 bridgehead atoms. The molecule has 0 aliphatic carbocycles. The maximum absolute atomic E-state index is 12.8. The fraction of sp³-hybridized carbons (Fsp3) is 0.500. The van der Waals surface area contributed by atoms with Crippen molar-refractivity contribution < 1.29 is 9.28 Å². The molecule has 0 saturated carbocycles. The van der Waals surface area contributed by atoms with Crippen LogP contribution in [0.1, 0.15) is 29.6 Å². The molecule has 1 aromatic rings. The second kappa shape index (κ2) is 5.59. The average molecular weight is 263 g/mol. The van der Waals surface area contributed by atoms with E-state index in [9.17, 15) is 4.79 Å². The van der Waals surface area contributed by atoms with Gasteiger partial charge < -0.3 is 17.2 Å². The summed E-state index contributed by atoms with van der Waals surface area (Å²) in [5, 5.41) is 0. The van der Waals surface area contributed by atoms with E-state index < -0.39 is 0 Å². The van der Waals surface area contributed by atoms with Gasteiger partial charge in [0, 0.05) is 19.3 Å². The van der Waals surface area contributed by atoms with E-state index in [1.165, 1.54) is 0 Å². The average Bonchev–Trinajstić information content (AvgIpc) is 2.89. The molecule has 0 unspecified atom stereocenters. The molecule has 5 nitrogen and oxygen atoms in total. The number of rotatable bonds is 4. The van der Waals surface area contributed by atoms with Crippen LogP contribution in [0.2, 0.25) is 0 Å². The van der Waals surface area contributed by atoms with Gasteiger partial charge in [0.05, 0.1) is 36.6 Å². The maximum Gasteiger partial charge on any atom is 0.345 e. The third kappa shape index (κ3) is 2.72. The van der Waals surface area contributed by atoms with Gasteiger partial charge in [0.1, 0.15) is 0 Å². The zero-order valence-corrected chi connectivity index (χ0v) is 11.3. The highest BCUT2D eigenvalue weighted by Gasteiger charge is 2.39. The normalized spacial score (nSPS) is 17.5. The Morgan fingerprint density at radius 1 is 1.16 bits per heavy atom. The number of anilines is 2. The van der Waals surface area contributed by atoms with E-state index in [0.29, 0.717) is 28.0 Å². The van der Waals surface area contributed by atoms with E-state index in [-0.39, 0.29) is 5.91 Å². The van der Waals surface area contributed by atoms with Gasteiger partial charge in [-0.25, -0.2) is 4.79 Å². The standard InChI is InChI=1S/C14H22N4O/c15-6-3-9-18(7-1-2-8-18)14(19)11-4-5-12(16)13(17)10-11/h4-5,10H,1-3,6-9,15,17H2,(H-,16,19)/p+1. The number of carbonyl (C=O) groups excluding carboxylic acids is 1. The van der Waals surface area contributed by atoms with Crippen molar-refractivity contribution in [3.05, 3.63) is 23.8 Å². The van der Waals surface area contributed by atoms with Crippen LogP contribution in [0.3, 0.4) is 0 Å². The molecule has 2 rings (SSSR count). The number of likely N-dealkylation sites (tertiary alicyclic amines) is 1. The fourth-order valence-electron chi connectivity index (χ4n) is 2.84. The number of benzene rings is 1. The molecule has 1 saturated heterocycles. The molecule has 0 atom stereocenters. The molecule has 104 valence electrons. The topological polar surface area (TPSA) is 95.1 Å². The number of nitrogens with two attached hydrogens (primary N) is 3. The minimum absolute atomic E-state index is 0.151. The van der Waals surface area contributed by atoms with Gasteiger partial charge in [0.15, 0.2) is 0 Å². The smallest absolute Gasteiger partial charge is 0.345 e. The van der Waals surface area contributed by atoms with E-state index in [1.807, 2.05) is 0 Å². The van der Waals surface area contributed by atoms with E-state index in [0.717, 1.165) is 38.9 Å². The lowest BCUT2D eigenvalue weighted by atomic mass is 10.1. The van der Waals surface area contributed by atoms with Gasteiger partial charge in [-0.2, -0.15) is 0 Å². The number of hydrogen-bond donors (Lipinski definition) is 3. The molecule has 6 N–H and O–H groups in total. The van der Waals surface area contributed by atoms with Crippen LogP contribution < -0.4 is 17.2 Å². The van der Waals surface area contributed by atoms with Crippen LogP contribution in [-0.2, 0) is 0 Å². The summed E-state index contributed by atoms with van der Waals surface area (Å²) < 4.78 is 0.514. The van der Waals surface area contributed by atoms with Gasteiger partial charge in [-0.05, 0) is 24.7 Å². The number of nitrogens with zero attached hydrogens (tertiary/aromatic N) is 1. The van der Waals surface area contributed by atoms with Crippen LogP contribution in [0.4, 0.5) is 11.4 Å². The number of amides is 1. The fourth-order valence-corrected chi connectivity index (χ4v) is 2.84. The molecule has 1 aliphatic heterocycles. The quantitative estimate of drug-likeness (QED) is 0.557. The highest BCUT2D eigenvalue weighted by Crippen LogP contribution is 2.26. The van der Waals surface area contributed by atoms with Crippen molar-refractivity contribution in [1.29, 1.82) is 0 Å². The summed E-state index contributed by atoms with van der Waals surface area (Å²) in [5.74, 6) is 0.151. The van der Waals surface area contributed by atoms with Gasteiger partial charge in [-0.1, -0.05) is 0 Å². The number of quaternary nitrogens is 1. The van der Waals surface area contributed by atoms with E-state index >= 15 is 0 Å². The first-order valence-corrected chi connectivity index (χ1v) is 6.85. The lowest BCUT2D eigenvalue weighted by molar-refractivity contribution is -0.836. The molecular weight excluding hydrogens is 240 g/mol. The van der Waals surface area contributed by atoms with Crippen LogP contribution in [0, 0.1) is 0 Å². The molecule has 1 heterocycles. The number of hydrogen-bond acceptors (Lipinski definition) is 4. The highest BCUT2D eigenvalue weighted by atomic mass is 16.2. The van der Waals surface area contributed by atoms with Crippen LogP contribution in [0.15, 0.2) is 18.2 Å². The summed E-state index contributed by atoms with van der Waals surface area (Å²) >= 11 is 0. The van der Waals surface area contributed by atoms with E-state index in [2.05, 4.69) is 0 Å². The van der Waals surface area contributed by atoms with Crippen LogP contribution in [0.25, 0.3) is 0 Å². The van der Waals surface area contributed by atoms with Crippen molar-refractivity contribution in [3.8, 4) is 0 Å². The minimum Gasteiger partial charge on any atom is -0.397 e. The van der Waals surface area contributed by atoms with Gasteiger partial charge >= 0.3 is 5.91 Å². The molecule has 0 radical (unpaired) electrons. The minimum atomic E-state index is 0.151. The summed E-state index contributed by atoms with van der Waals surface area (Å²) in [7, 11) is 0. The molecule has 1 fully saturated rings. The summed E-state index contributed by atoms with van der Waals surface area (Å²) in [5.41, 5.74) is 18.7. The second-order valence-corrected chi connectivity index (χ2v) is 5.31. The molecule has 19 heavy (non-hydrogen) atoms. The zero-order valence-electron chi connectivity index (χ0n) is 11.3. The van der Waals surface area contributed by atoms with Crippen LogP contribution in [0.5, 0.6) is 0 Å². The van der Waals surface area contributed by atoms with Crippen molar-refractivity contribution in [3.63, 3.8) is 0 Å². The Morgan fingerprint density at radius 2 is 1.84 bits per heavy atom. The van der Waals surface area contributed by atoms with E-state index in [1.54, 1.807) is 18.2 Å². The Kier molecular flexibility index (Phi) is 4.07.